The molecular formula is C17H24Cl3N3O. The van der Waals surface area contributed by atoms with Crippen molar-refractivity contribution in [2.24, 2.45) is 0 Å². The number of nitrogens with zero attached hydrogens (tertiary/aromatic N) is 1. The van der Waals surface area contributed by atoms with E-state index in [9.17, 15) is 4.79 Å². The lowest BCUT2D eigenvalue weighted by Gasteiger charge is -2.49. The number of carbonyl (C=O) groups excluding carboxylic acids is 1. The van der Waals surface area contributed by atoms with Gasteiger partial charge in [0.05, 0.1) is 22.3 Å². The number of hydrogen-bond donors (Lipinski definition) is 2. The number of halogens is 3. The van der Waals surface area contributed by atoms with Crippen LogP contribution in [-0.4, -0.2) is 42.5 Å². The van der Waals surface area contributed by atoms with Crippen molar-refractivity contribution in [1.82, 2.24) is 10.2 Å². The smallest absolute Gasteiger partial charge is 0.238 e. The maximum Gasteiger partial charge on any atom is 0.238 e. The van der Waals surface area contributed by atoms with Gasteiger partial charge in [-0.3, -0.25) is 9.69 Å². The molecule has 2 fully saturated rings. The molecule has 134 valence electrons. The maximum absolute atomic E-state index is 12.5. The number of carbonyl (C=O) groups is 1. The predicted molar refractivity (Wildman–Crippen MR) is 103 cm³/mol. The van der Waals surface area contributed by atoms with Gasteiger partial charge in [-0.1, -0.05) is 48.5 Å². The molecule has 1 aliphatic carbocycles. The second-order valence-corrected chi connectivity index (χ2v) is 7.34. The van der Waals surface area contributed by atoms with Crippen LogP contribution in [0.5, 0.6) is 0 Å². The van der Waals surface area contributed by atoms with E-state index >= 15 is 0 Å². The molecule has 4 nitrogen and oxygen atoms in total. The van der Waals surface area contributed by atoms with Crippen molar-refractivity contribution in [1.29, 1.82) is 0 Å². The lowest BCUT2D eigenvalue weighted by molar-refractivity contribution is -0.120. The first-order valence-electron chi connectivity index (χ1n) is 8.30. The van der Waals surface area contributed by atoms with Gasteiger partial charge in [0.25, 0.3) is 0 Å². The first kappa shape index (κ1) is 19.8. The third-order valence-electron chi connectivity index (χ3n) is 5.03. The molecule has 7 heteroatoms. The summed E-state index contributed by atoms with van der Waals surface area (Å²) in [5.41, 5.74) is 0.645. The quantitative estimate of drug-likeness (QED) is 0.818. The van der Waals surface area contributed by atoms with Gasteiger partial charge in [0.15, 0.2) is 0 Å². The molecule has 1 spiro atoms. The summed E-state index contributed by atoms with van der Waals surface area (Å²) in [5, 5.41) is 7.33. The molecule has 0 aromatic heterocycles. The summed E-state index contributed by atoms with van der Waals surface area (Å²) in [6.07, 6.45) is 6.13. The molecule has 0 atom stereocenters. The van der Waals surface area contributed by atoms with E-state index in [-0.39, 0.29) is 23.9 Å². The lowest BCUT2D eigenvalue weighted by Crippen LogP contribution is -2.63. The highest BCUT2D eigenvalue weighted by atomic mass is 35.5. The van der Waals surface area contributed by atoms with Crippen molar-refractivity contribution >= 4 is 47.2 Å². The van der Waals surface area contributed by atoms with Crippen LogP contribution in [0.4, 0.5) is 5.69 Å². The first-order valence-corrected chi connectivity index (χ1v) is 9.06. The van der Waals surface area contributed by atoms with Gasteiger partial charge < -0.3 is 10.6 Å². The SMILES string of the molecule is Cl.O=C(CN1CCNCC12CCCCC2)Nc1c(Cl)cccc1Cl. The van der Waals surface area contributed by atoms with Gasteiger partial charge in [0.2, 0.25) is 5.91 Å². The summed E-state index contributed by atoms with van der Waals surface area (Å²) in [6.45, 7) is 3.21. The molecule has 1 saturated carbocycles. The predicted octanol–water partition coefficient (Wildman–Crippen LogP) is 3.96. The minimum Gasteiger partial charge on any atom is -0.322 e. The molecule has 0 bridgehead atoms. The van der Waals surface area contributed by atoms with Crippen LogP contribution in [0.2, 0.25) is 10.0 Å². The van der Waals surface area contributed by atoms with Crippen molar-refractivity contribution in [3.8, 4) is 0 Å². The normalized spacial score (nSPS) is 20.4. The van der Waals surface area contributed by atoms with Gasteiger partial charge in [-0.25, -0.2) is 0 Å². The minimum absolute atomic E-state index is 0. The largest absolute Gasteiger partial charge is 0.322 e. The molecule has 1 aromatic carbocycles. The van der Waals surface area contributed by atoms with Crippen LogP contribution in [0, 0.1) is 0 Å². The topological polar surface area (TPSA) is 44.4 Å². The highest BCUT2D eigenvalue weighted by molar-refractivity contribution is 6.39. The van der Waals surface area contributed by atoms with Crippen molar-refractivity contribution in [2.45, 2.75) is 37.6 Å². The van der Waals surface area contributed by atoms with Crippen LogP contribution < -0.4 is 10.6 Å². The monoisotopic (exact) mass is 391 g/mol. The molecule has 24 heavy (non-hydrogen) atoms. The molecule has 1 aliphatic heterocycles. The zero-order valence-electron chi connectivity index (χ0n) is 13.6. The van der Waals surface area contributed by atoms with Crippen molar-refractivity contribution < 1.29 is 4.79 Å². The van der Waals surface area contributed by atoms with E-state index in [2.05, 4.69) is 15.5 Å². The van der Waals surface area contributed by atoms with Gasteiger partial charge >= 0.3 is 0 Å². The van der Waals surface area contributed by atoms with Crippen molar-refractivity contribution in [3.05, 3.63) is 28.2 Å². The van der Waals surface area contributed by atoms with Gasteiger partial charge in [-0.15, -0.1) is 12.4 Å². The zero-order valence-corrected chi connectivity index (χ0v) is 15.9. The van der Waals surface area contributed by atoms with Crippen LogP contribution in [0.3, 0.4) is 0 Å². The van der Waals surface area contributed by atoms with E-state index < -0.39 is 0 Å². The van der Waals surface area contributed by atoms with Crippen molar-refractivity contribution in [3.63, 3.8) is 0 Å². The molecule has 1 saturated heterocycles. The number of hydrogen-bond acceptors (Lipinski definition) is 3. The van der Waals surface area contributed by atoms with Crippen LogP contribution in [0.1, 0.15) is 32.1 Å². The first-order chi connectivity index (χ1) is 11.1. The molecule has 1 heterocycles. The Morgan fingerprint density at radius 2 is 1.88 bits per heavy atom. The van der Waals surface area contributed by atoms with Crippen LogP contribution in [0.15, 0.2) is 18.2 Å². The Balaban J connectivity index is 0.00000208. The van der Waals surface area contributed by atoms with Gasteiger partial charge in [0, 0.05) is 25.2 Å². The highest BCUT2D eigenvalue weighted by Crippen LogP contribution is 2.35. The fourth-order valence-corrected chi connectivity index (χ4v) is 4.30. The fraction of sp³-hybridized carbons (Fsp3) is 0.588. The zero-order chi connectivity index (χ0) is 16.3. The molecule has 1 amide bonds. The van der Waals surface area contributed by atoms with Gasteiger partial charge in [-0.2, -0.15) is 0 Å². The molecular weight excluding hydrogens is 369 g/mol. The molecule has 3 rings (SSSR count). The average molecular weight is 393 g/mol. The average Bonchev–Trinajstić information content (AvgIpc) is 2.54. The number of benzene rings is 1. The van der Waals surface area contributed by atoms with E-state index in [0.717, 1.165) is 19.6 Å². The summed E-state index contributed by atoms with van der Waals surface area (Å²) in [4.78, 5) is 14.9. The third kappa shape index (κ3) is 4.36. The second-order valence-electron chi connectivity index (χ2n) is 6.53. The lowest BCUT2D eigenvalue weighted by atomic mass is 9.79. The van der Waals surface area contributed by atoms with Crippen LogP contribution in [-0.2, 0) is 4.79 Å². The number of nitrogens with one attached hydrogen (secondary N) is 2. The Labute approximate surface area is 159 Å². The molecule has 1 aromatic rings. The molecule has 2 aliphatic rings. The van der Waals surface area contributed by atoms with Crippen LogP contribution >= 0.6 is 35.6 Å². The van der Waals surface area contributed by atoms with Gasteiger partial charge in [0.1, 0.15) is 0 Å². The van der Waals surface area contributed by atoms with E-state index in [1.807, 2.05) is 0 Å². The number of piperazine rings is 1. The number of para-hydroxylation sites is 1. The second kappa shape index (κ2) is 8.72. The molecule has 0 radical (unpaired) electrons. The Kier molecular flexibility index (Phi) is 7.20. The Hall–Kier alpha value is -0.520. The molecule has 2 N–H and O–H groups in total. The summed E-state index contributed by atoms with van der Waals surface area (Å²) < 4.78 is 0. The number of anilines is 1. The molecule has 0 unspecified atom stereocenters. The van der Waals surface area contributed by atoms with E-state index in [0.29, 0.717) is 22.3 Å². The standard InChI is InChI=1S/C17H23Cl2N3O.ClH/c18-13-5-4-6-14(19)16(13)21-15(23)11-22-10-9-20-12-17(22)7-2-1-3-8-17;/h4-6,20H,1-3,7-12H2,(H,21,23);1H. The Bertz CT molecular complexity index is 548. The van der Waals surface area contributed by atoms with E-state index in [1.165, 1.54) is 32.1 Å². The van der Waals surface area contributed by atoms with E-state index in [1.54, 1.807) is 18.2 Å². The highest BCUT2D eigenvalue weighted by Gasteiger charge is 2.40. The Morgan fingerprint density at radius 3 is 2.54 bits per heavy atom. The van der Waals surface area contributed by atoms with Crippen molar-refractivity contribution in [2.75, 3.05) is 31.5 Å². The fourth-order valence-electron chi connectivity index (χ4n) is 3.80. The third-order valence-corrected chi connectivity index (χ3v) is 5.66. The van der Waals surface area contributed by atoms with E-state index in [4.69, 9.17) is 23.2 Å². The van der Waals surface area contributed by atoms with Crippen LogP contribution in [0.25, 0.3) is 0 Å². The Morgan fingerprint density at radius 1 is 1.21 bits per heavy atom. The number of amides is 1. The minimum atomic E-state index is -0.0492. The summed E-state index contributed by atoms with van der Waals surface area (Å²) in [7, 11) is 0. The summed E-state index contributed by atoms with van der Waals surface area (Å²) in [6, 6.07) is 5.24. The number of rotatable bonds is 3. The van der Waals surface area contributed by atoms with Gasteiger partial charge in [-0.05, 0) is 25.0 Å². The summed E-state index contributed by atoms with van der Waals surface area (Å²) in [5.74, 6) is -0.0492. The maximum atomic E-state index is 12.5. The summed E-state index contributed by atoms with van der Waals surface area (Å²) >= 11 is 12.3.